The van der Waals surface area contributed by atoms with Crippen LogP contribution in [0.2, 0.25) is 0 Å². The fourth-order valence-electron chi connectivity index (χ4n) is 1.06. The Kier molecular flexibility index (Phi) is 3.19. The lowest BCUT2D eigenvalue weighted by atomic mass is 9.82. The van der Waals surface area contributed by atoms with Crippen molar-refractivity contribution in [2.75, 3.05) is 11.9 Å². The molecule has 14 heavy (non-hydrogen) atoms. The van der Waals surface area contributed by atoms with E-state index in [2.05, 4.69) is 43.0 Å². The second-order valence-electron chi connectivity index (χ2n) is 5.06. The molecule has 0 fully saturated rings. The molecule has 0 saturated heterocycles. The fraction of sp³-hybridized carbons (Fsp3) is 0.727. The highest BCUT2D eigenvalue weighted by Crippen LogP contribution is 2.25. The van der Waals surface area contributed by atoms with Crippen molar-refractivity contribution in [3.63, 3.8) is 0 Å². The van der Waals surface area contributed by atoms with Gasteiger partial charge in [-0.2, -0.15) is 0 Å². The molecule has 0 bridgehead atoms. The molecular weight excluding hydrogens is 174 g/mol. The molecule has 0 aliphatic carbocycles. The second-order valence-corrected chi connectivity index (χ2v) is 5.06. The first-order valence-corrected chi connectivity index (χ1v) is 5.15. The smallest absolute Gasteiger partial charge is 0.200 e. The number of hydrogen-bond acceptors (Lipinski definition) is 2. The third-order valence-corrected chi connectivity index (χ3v) is 2.76. The molecule has 1 aromatic rings. The molecular formula is C11H21N3. The number of hydrogen-bond donors (Lipinski definition) is 2. The van der Waals surface area contributed by atoms with Crippen molar-refractivity contribution >= 4 is 5.95 Å². The Bertz CT molecular complexity index is 283. The van der Waals surface area contributed by atoms with Crippen LogP contribution < -0.4 is 5.32 Å². The highest BCUT2D eigenvalue weighted by molar-refractivity contribution is 5.25. The Hall–Kier alpha value is -0.990. The van der Waals surface area contributed by atoms with Gasteiger partial charge in [-0.3, -0.25) is 0 Å². The molecule has 80 valence electrons. The Balaban J connectivity index is 2.41. The molecule has 0 aromatic carbocycles. The molecule has 1 heterocycles. The Morgan fingerprint density at radius 2 is 2.14 bits per heavy atom. The molecule has 0 spiro atoms. The van der Waals surface area contributed by atoms with Crippen molar-refractivity contribution in [1.29, 1.82) is 0 Å². The normalized spacial score (nSPS) is 14.1. The highest BCUT2D eigenvalue weighted by atomic mass is 15.1. The summed E-state index contributed by atoms with van der Waals surface area (Å²) in [5, 5.41) is 3.31. The summed E-state index contributed by atoms with van der Waals surface area (Å²) in [6.07, 6.45) is 1.84. The number of rotatable bonds is 3. The summed E-state index contributed by atoms with van der Waals surface area (Å²) in [5.41, 5.74) is 1.44. The van der Waals surface area contributed by atoms with E-state index in [0.29, 0.717) is 11.3 Å². The second kappa shape index (κ2) is 4.03. The van der Waals surface area contributed by atoms with Crippen LogP contribution in [0.25, 0.3) is 0 Å². The highest BCUT2D eigenvalue weighted by Gasteiger charge is 2.19. The molecule has 1 rings (SSSR count). The van der Waals surface area contributed by atoms with Gasteiger partial charge in [-0.05, 0) is 18.3 Å². The molecule has 3 nitrogen and oxygen atoms in total. The minimum absolute atomic E-state index is 0.342. The van der Waals surface area contributed by atoms with Crippen LogP contribution in [0.5, 0.6) is 0 Å². The summed E-state index contributed by atoms with van der Waals surface area (Å²) in [6.45, 7) is 12.0. The topological polar surface area (TPSA) is 40.7 Å². The summed E-state index contributed by atoms with van der Waals surface area (Å²) < 4.78 is 0. The first-order chi connectivity index (χ1) is 6.39. The molecule has 0 radical (unpaired) electrons. The van der Waals surface area contributed by atoms with E-state index >= 15 is 0 Å². The number of aromatic nitrogens is 2. The van der Waals surface area contributed by atoms with Gasteiger partial charge in [0, 0.05) is 18.4 Å². The number of nitrogens with one attached hydrogen (secondary N) is 2. The van der Waals surface area contributed by atoms with Gasteiger partial charge in [0.25, 0.3) is 0 Å². The molecule has 0 saturated carbocycles. The van der Waals surface area contributed by atoms with E-state index in [1.807, 2.05) is 13.1 Å². The molecule has 0 aliphatic rings. The number of aryl methyl sites for hydroxylation is 1. The van der Waals surface area contributed by atoms with Crippen molar-refractivity contribution in [2.24, 2.45) is 11.3 Å². The van der Waals surface area contributed by atoms with Crippen LogP contribution in [0.15, 0.2) is 6.20 Å². The molecule has 1 atom stereocenters. The van der Waals surface area contributed by atoms with Crippen LogP contribution in [0.3, 0.4) is 0 Å². The third kappa shape index (κ3) is 3.05. The lowest BCUT2D eigenvalue weighted by molar-refractivity contribution is 0.274. The van der Waals surface area contributed by atoms with Gasteiger partial charge in [0.1, 0.15) is 0 Å². The molecule has 3 heteroatoms. The van der Waals surface area contributed by atoms with E-state index in [4.69, 9.17) is 0 Å². The van der Waals surface area contributed by atoms with Crippen molar-refractivity contribution < 1.29 is 0 Å². The lowest BCUT2D eigenvalue weighted by Gasteiger charge is -2.27. The first-order valence-electron chi connectivity index (χ1n) is 5.15. The maximum atomic E-state index is 4.20. The van der Waals surface area contributed by atoms with E-state index in [0.717, 1.165) is 18.2 Å². The van der Waals surface area contributed by atoms with E-state index < -0.39 is 0 Å². The van der Waals surface area contributed by atoms with Gasteiger partial charge in [-0.1, -0.05) is 27.7 Å². The van der Waals surface area contributed by atoms with E-state index in [9.17, 15) is 0 Å². The minimum Gasteiger partial charge on any atom is -0.356 e. The Labute approximate surface area is 86.3 Å². The predicted molar refractivity (Wildman–Crippen MR) is 60.4 cm³/mol. The van der Waals surface area contributed by atoms with Crippen molar-refractivity contribution in [3.05, 3.63) is 11.9 Å². The first kappa shape index (κ1) is 11.1. The van der Waals surface area contributed by atoms with Gasteiger partial charge in [-0.25, -0.2) is 4.98 Å². The van der Waals surface area contributed by atoms with Crippen molar-refractivity contribution in [2.45, 2.75) is 34.6 Å². The van der Waals surface area contributed by atoms with Crippen LogP contribution in [0, 0.1) is 18.3 Å². The zero-order chi connectivity index (χ0) is 10.8. The van der Waals surface area contributed by atoms with Crippen LogP contribution in [0.4, 0.5) is 5.95 Å². The zero-order valence-electron chi connectivity index (χ0n) is 9.81. The zero-order valence-corrected chi connectivity index (χ0v) is 9.81. The lowest BCUT2D eigenvalue weighted by Crippen LogP contribution is -2.25. The van der Waals surface area contributed by atoms with Gasteiger partial charge in [-0.15, -0.1) is 0 Å². The van der Waals surface area contributed by atoms with Crippen molar-refractivity contribution in [3.8, 4) is 0 Å². The Morgan fingerprint density at radius 1 is 1.50 bits per heavy atom. The predicted octanol–water partition coefficient (Wildman–Crippen LogP) is 2.81. The summed E-state index contributed by atoms with van der Waals surface area (Å²) in [4.78, 5) is 7.36. The molecule has 0 aliphatic heterocycles. The van der Waals surface area contributed by atoms with E-state index in [-0.39, 0.29) is 0 Å². The monoisotopic (exact) mass is 195 g/mol. The summed E-state index contributed by atoms with van der Waals surface area (Å²) in [7, 11) is 0. The average molecular weight is 195 g/mol. The molecule has 1 aromatic heterocycles. The quantitative estimate of drug-likeness (QED) is 0.778. The minimum atomic E-state index is 0.342. The maximum absolute atomic E-state index is 4.20. The number of anilines is 1. The fourth-order valence-corrected chi connectivity index (χ4v) is 1.06. The van der Waals surface area contributed by atoms with E-state index in [1.165, 1.54) is 0 Å². The number of aromatic amines is 1. The number of nitrogens with zero attached hydrogens (tertiary/aromatic N) is 1. The average Bonchev–Trinajstić information content (AvgIpc) is 2.45. The van der Waals surface area contributed by atoms with Gasteiger partial charge in [0.2, 0.25) is 0 Å². The third-order valence-electron chi connectivity index (χ3n) is 2.76. The molecule has 0 amide bonds. The van der Waals surface area contributed by atoms with Gasteiger partial charge in [0.05, 0.1) is 0 Å². The standard InChI is InChI=1S/C11H21N3/c1-8(11(3,4)5)6-12-10-13-7-9(2)14-10/h7-8H,6H2,1-5H3,(H2,12,13,14). The SMILES string of the molecule is Cc1cnc(NCC(C)C(C)(C)C)[nH]1. The molecule has 2 N–H and O–H groups in total. The summed E-state index contributed by atoms with van der Waals surface area (Å²) in [5.74, 6) is 1.49. The van der Waals surface area contributed by atoms with Crippen molar-refractivity contribution in [1.82, 2.24) is 9.97 Å². The van der Waals surface area contributed by atoms with Crippen LogP contribution in [0.1, 0.15) is 33.4 Å². The molecule has 1 unspecified atom stereocenters. The van der Waals surface area contributed by atoms with Crippen LogP contribution >= 0.6 is 0 Å². The largest absolute Gasteiger partial charge is 0.356 e. The van der Waals surface area contributed by atoms with Gasteiger partial charge in [0.15, 0.2) is 5.95 Å². The number of H-pyrrole nitrogens is 1. The van der Waals surface area contributed by atoms with E-state index in [1.54, 1.807) is 0 Å². The maximum Gasteiger partial charge on any atom is 0.200 e. The van der Waals surface area contributed by atoms with Gasteiger partial charge >= 0.3 is 0 Å². The summed E-state index contributed by atoms with van der Waals surface area (Å²) >= 11 is 0. The summed E-state index contributed by atoms with van der Waals surface area (Å²) in [6, 6.07) is 0. The van der Waals surface area contributed by atoms with Crippen LogP contribution in [-0.2, 0) is 0 Å². The number of imidazole rings is 1. The van der Waals surface area contributed by atoms with Gasteiger partial charge < -0.3 is 10.3 Å². The Morgan fingerprint density at radius 3 is 2.57 bits per heavy atom. The van der Waals surface area contributed by atoms with Crippen LogP contribution in [-0.4, -0.2) is 16.5 Å².